The first-order valence-electron chi connectivity index (χ1n) is 3.87. The Hall–Kier alpha value is -1.08. The van der Waals surface area contributed by atoms with E-state index in [1.165, 1.54) is 6.92 Å². The van der Waals surface area contributed by atoms with E-state index in [0.29, 0.717) is 0 Å². The third-order valence-electron chi connectivity index (χ3n) is 1.48. The molecule has 0 heterocycles. The summed E-state index contributed by atoms with van der Waals surface area (Å²) in [4.78, 5) is 10.9. The fraction of sp³-hybridized carbons (Fsp3) is 0.750. The number of nitrogens with one attached hydrogen (secondary N) is 1. The van der Waals surface area contributed by atoms with Gasteiger partial charge in [-0.2, -0.15) is 5.26 Å². The second-order valence-corrected chi connectivity index (χ2v) is 3.04. The molecule has 0 radical (unpaired) electrons. The van der Waals surface area contributed by atoms with E-state index in [1.54, 1.807) is 0 Å². The summed E-state index contributed by atoms with van der Waals surface area (Å²) in [5.41, 5.74) is 0. The highest BCUT2D eigenvalue weighted by Crippen LogP contribution is 1.99. The van der Waals surface area contributed by atoms with Crippen LogP contribution in [0.5, 0.6) is 0 Å². The lowest BCUT2D eigenvalue weighted by atomic mass is 10.1. The predicted molar refractivity (Wildman–Crippen MR) is 44.1 cm³/mol. The highest BCUT2D eigenvalue weighted by atomic mass is 16.3. The Balaban J connectivity index is 4.06. The zero-order valence-corrected chi connectivity index (χ0v) is 7.53. The van der Waals surface area contributed by atoms with Crippen molar-refractivity contribution in [3.63, 3.8) is 0 Å². The molecule has 2 N–H and O–H groups in total. The molecule has 0 fully saturated rings. The van der Waals surface area contributed by atoms with Gasteiger partial charge in [0.1, 0.15) is 12.1 Å². The van der Waals surface area contributed by atoms with E-state index < -0.39 is 18.1 Å². The van der Waals surface area contributed by atoms with Gasteiger partial charge in [-0.15, -0.1) is 0 Å². The molecule has 0 bridgehead atoms. The molecular formula is C8H14N2O2. The topological polar surface area (TPSA) is 73.1 Å². The van der Waals surface area contributed by atoms with Gasteiger partial charge in [0.15, 0.2) is 0 Å². The third kappa shape index (κ3) is 3.35. The molecule has 2 atom stereocenters. The van der Waals surface area contributed by atoms with Crippen LogP contribution in [0.15, 0.2) is 0 Å². The molecule has 68 valence electrons. The van der Waals surface area contributed by atoms with Gasteiger partial charge in [0, 0.05) is 0 Å². The molecule has 4 heteroatoms. The van der Waals surface area contributed by atoms with Crippen molar-refractivity contribution in [3.8, 4) is 6.07 Å². The number of hydrogen-bond donors (Lipinski definition) is 2. The molecule has 0 aromatic heterocycles. The first-order valence-corrected chi connectivity index (χ1v) is 3.87. The number of nitrogens with zero attached hydrogens (tertiary/aromatic N) is 1. The molecule has 0 aromatic rings. The Morgan fingerprint density at radius 2 is 2.00 bits per heavy atom. The van der Waals surface area contributed by atoms with Crippen LogP contribution in [0.2, 0.25) is 0 Å². The number of amides is 1. The van der Waals surface area contributed by atoms with Crippen molar-refractivity contribution in [3.05, 3.63) is 0 Å². The van der Waals surface area contributed by atoms with Crippen molar-refractivity contribution in [1.82, 2.24) is 5.32 Å². The van der Waals surface area contributed by atoms with Gasteiger partial charge in [-0.05, 0) is 12.8 Å². The molecule has 12 heavy (non-hydrogen) atoms. The molecule has 0 rings (SSSR count). The molecule has 0 saturated carbocycles. The van der Waals surface area contributed by atoms with E-state index in [1.807, 2.05) is 19.9 Å². The van der Waals surface area contributed by atoms with E-state index >= 15 is 0 Å². The van der Waals surface area contributed by atoms with E-state index in [2.05, 4.69) is 5.32 Å². The Labute approximate surface area is 72.2 Å². The number of rotatable bonds is 3. The van der Waals surface area contributed by atoms with Crippen molar-refractivity contribution in [2.75, 3.05) is 0 Å². The van der Waals surface area contributed by atoms with Gasteiger partial charge in [-0.3, -0.25) is 4.79 Å². The zero-order chi connectivity index (χ0) is 9.72. The molecule has 0 spiro atoms. The fourth-order valence-corrected chi connectivity index (χ4v) is 0.622. The maximum absolute atomic E-state index is 10.9. The lowest BCUT2D eigenvalue weighted by Gasteiger charge is -2.15. The number of aliphatic hydroxyl groups excluding tert-OH is 1. The fourth-order valence-electron chi connectivity index (χ4n) is 0.622. The lowest BCUT2D eigenvalue weighted by Crippen LogP contribution is -2.42. The predicted octanol–water partition coefficient (Wildman–Crippen LogP) is 0.0316. The van der Waals surface area contributed by atoms with Gasteiger partial charge >= 0.3 is 0 Å². The van der Waals surface area contributed by atoms with Crippen LogP contribution in [0, 0.1) is 17.2 Å². The molecule has 0 aliphatic heterocycles. The average molecular weight is 170 g/mol. The maximum atomic E-state index is 10.9. The van der Waals surface area contributed by atoms with Crippen LogP contribution in [0.25, 0.3) is 0 Å². The first-order chi connectivity index (χ1) is 5.49. The third-order valence-corrected chi connectivity index (χ3v) is 1.48. The number of carbonyl (C=O) groups excluding carboxylic acids is 1. The molecule has 1 unspecified atom stereocenters. The van der Waals surface area contributed by atoms with Crippen LogP contribution in [0.3, 0.4) is 0 Å². The van der Waals surface area contributed by atoms with Crippen molar-refractivity contribution in [2.24, 2.45) is 5.92 Å². The second kappa shape index (κ2) is 4.73. The van der Waals surface area contributed by atoms with E-state index in [-0.39, 0.29) is 5.92 Å². The summed E-state index contributed by atoms with van der Waals surface area (Å²) >= 11 is 0. The molecule has 4 nitrogen and oxygen atoms in total. The summed E-state index contributed by atoms with van der Waals surface area (Å²) in [6.07, 6.45) is -1.06. The molecular weight excluding hydrogens is 156 g/mol. The lowest BCUT2D eigenvalue weighted by molar-refractivity contribution is -0.129. The van der Waals surface area contributed by atoms with Gasteiger partial charge < -0.3 is 10.4 Å². The van der Waals surface area contributed by atoms with Gasteiger partial charge in [0.2, 0.25) is 5.91 Å². The van der Waals surface area contributed by atoms with Crippen molar-refractivity contribution in [1.29, 1.82) is 5.26 Å². The van der Waals surface area contributed by atoms with E-state index in [9.17, 15) is 4.79 Å². The minimum Gasteiger partial charge on any atom is -0.384 e. The Kier molecular flexibility index (Phi) is 4.30. The summed E-state index contributed by atoms with van der Waals surface area (Å²) in [5.74, 6) is -0.451. The molecule has 0 aliphatic carbocycles. The molecule has 0 aromatic carbocycles. The van der Waals surface area contributed by atoms with Crippen LogP contribution in [-0.2, 0) is 4.79 Å². The largest absolute Gasteiger partial charge is 0.384 e. The summed E-state index contributed by atoms with van der Waals surface area (Å²) in [6.45, 7) is 5.02. The SMILES string of the molecule is CC(O)C(=O)N[C@H](C#N)C(C)C. The van der Waals surface area contributed by atoms with Gasteiger partial charge in [-0.1, -0.05) is 13.8 Å². The molecule has 1 amide bonds. The van der Waals surface area contributed by atoms with Gasteiger partial charge in [0.05, 0.1) is 6.07 Å². The van der Waals surface area contributed by atoms with E-state index in [4.69, 9.17) is 10.4 Å². The summed E-state index contributed by atoms with van der Waals surface area (Å²) in [7, 11) is 0. The maximum Gasteiger partial charge on any atom is 0.249 e. The Bertz CT molecular complexity index is 194. The minimum atomic E-state index is -1.06. The highest BCUT2D eigenvalue weighted by Gasteiger charge is 2.17. The number of nitriles is 1. The van der Waals surface area contributed by atoms with Crippen LogP contribution >= 0.6 is 0 Å². The van der Waals surface area contributed by atoms with Crippen LogP contribution < -0.4 is 5.32 Å². The first kappa shape index (κ1) is 10.9. The number of aliphatic hydroxyl groups is 1. The normalized spacial score (nSPS) is 15.0. The highest BCUT2D eigenvalue weighted by molar-refractivity contribution is 5.80. The quantitative estimate of drug-likeness (QED) is 0.627. The monoisotopic (exact) mass is 170 g/mol. The molecule has 0 saturated heterocycles. The second-order valence-electron chi connectivity index (χ2n) is 3.04. The smallest absolute Gasteiger partial charge is 0.249 e. The van der Waals surface area contributed by atoms with Crippen LogP contribution in [-0.4, -0.2) is 23.2 Å². The van der Waals surface area contributed by atoms with Crippen molar-refractivity contribution >= 4 is 5.91 Å². The Morgan fingerprint density at radius 3 is 2.25 bits per heavy atom. The van der Waals surface area contributed by atoms with E-state index in [0.717, 1.165) is 0 Å². The minimum absolute atomic E-state index is 0.0534. The van der Waals surface area contributed by atoms with Crippen LogP contribution in [0.1, 0.15) is 20.8 Å². The molecule has 0 aliphatic rings. The van der Waals surface area contributed by atoms with Crippen LogP contribution in [0.4, 0.5) is 0 Å². The summed E-state index contributed by atoms with van der Waals surface area (Å²) in [6, 6.07) is 1.42. The van der Waals surface area contributed by atoms with Crippen molar-refractivity contribution in [2.45, 2.75) is 32.9 Å². The number of carbonyl (C=O) groups is 1. The van der Waals surface area contributed by atoms with Crippen molar-refractivity contribution < 1.29 is 9.90 Å². The van der Waals surface area contributed by atoms with Gasteiger partial charge in [0.25, 0.3) is 0 Å². The Morgan fingerprint density at radius 1 is 1.50 bits per heavy atom. The summed E-state index contributed by atoms with van der Waals surface area (Å²) in [5, 5.41) is 19.8. The zero-order valence-electron chi connectivity index (χ0n) is 7.53. The standard InChI is InChI=1S/C8H14N2O2/c1-5(2)7(4-9)10-8(12)6(3)11/h5-7,11H,1-3H3,(H,10,12)/t6?,7-/m1/s1. The number of hydrogen-bond acceptors (Lipinski definition) is 3. The van der Waals surface area contributed by atoms with Gasteiger partial charge in [-0.25, -0.2) is 0 Å². The summed E-state index contributed by atoms with van der Waals surface area (Å²) < 4.78 is 0. The average Bonchev–Trinajstić information content (AvgIpc) is 1.98.